The van der Waals surface area contributed by atoms with E-state index in [1.165, 1.54) is 0 Å². The number of halogens is 12. The predicted molar refractivity (Wildman–Crippen MR) is 130 cm³/mol. The SMILES string of the molecule is CCCCOCC[C@@H]1C[C@H](NCc2cc(C(F)(F)F)cc(C(F)(F)F)c2)c2cc(C(F)(F)F)ccc2N1C(=O)C(F)(F)F. The Balaban J connectivity index is 2.05. The molecule has 0 saturated heterocycles. The lowest BCUT2D eigenvalue weighted by molar-refractivity contribution is -0.171. The van der Waals surface area contributed by atoms with E-state index >= 15 is 0 Å². The Morgan fingerprint density at radius 3 is 1.93 bits per heavy atom. The molecule has 240 valence electrons. The summed E-state index contributed by atoms with van der Waals surface area (Å²) in [5.41, 5.74) is -6.00. The Kier molecular flexibility index (Phi) is 10.4. The van der Waals surface area contributed by atoms with Crippen molar-refractivity contribution in [1.82, 2.24) is 5.32 Å². The first-order valence-corrected chi connectivity index (χ1v) is 12.9. The Bertz CT molecular complexity index is 1240. The molecule has 1 N–H and O–H groups in total. The molecule has 2 atom stereocenters. The normalized spacial score (nSPS) is 18.1. The molecule has 1 aliphatic rings. The van der Waals surface area contributed by atoms with Crippen molar-refractivity contribution in [2.24, 2.45) is 0 Å². The summed E-state index contributed by atoms with van der Waals surface area (Å²) in [6.45, 7) is 1.26. The molecule has 0 radical (unpaired) electrons. The van der Waals surface area contributed by atoms with Crippen LogP contribution in [0.4, 0.5) is 58.4 Å². The maximum atomic E-state index is 13.6. The fourth-order valence-corrected chi connectivity index (χ4v) is 4.71. The number of hydrogen-bond donors (Lipinski definition) is 1. The number of unbranched alkanes of at least 4 members (excludes halogenated alkanes) is 1. The second-order valence-electron chi connectivity index (χ2n) is 9.94. The Labute approximate surface area is 238 Å². The van der Waals surface area contributed by atoms with Crippen molar-refractivity contribution in [1.29, 1.82) is 0 Å². The van der Waals surface area contributed by atoms with Gasteiger partial charge in [0.1, 0.15) is 0 Å². The summed E-state index contributed by atoms with van der Waals surface area (Å²) >= 11 is 0. The van der Waals surface area contributed by atoms with Gasteiger partial charge in [0.05, 0.1) is 16.7 Å². The van der Waals surface area contributed by atoms with Gasteiger partial charge in [-0.15, -0.1) is 0 Å². The Morgan fingerprint density at radius 2 is 1.42 bits per heavy atom. The lowest BCUT2D eigenvalue weighted by Crippen LogP contribution is -2.52. The molecule has 2 aromatic carbocycles. The molecule has 1 amide bonds. The summed E-state index contributed by atoms with van der Waals surface area (Å²) in [7, 11) is 0. The topological polar surface area (TPSA) is 41.6 Å². The van der Waals surface area contributed by atoms with Gasteiger partial charge in [0.15, 0.2) is 0 Å². The molecular formula is C27H26F12N2O2. The van der Waals surface area contributed by atoms with Crippen molar-refractivity contribution < 1.29 is 62.2 Å². The lowest BCUT2D eigenvalue weighted by atomic mass is 9.88. The predicted octanol–water partition coefficient (Wildman–Crippen LogP) is 8.45. The van der Waals surface area contributed by atoms with Crippen LogP contribution in [0.5, 0.6) is 0 Å². The molecule has 1 heterocycles. The standard InChI is InChI=1S/C27H26F12N2O2/c1-2-3-7-43-8-6-19-13-21(40-14-15-9-17(25(31,32)33)11-18(10-15)26(34,35)36)20-12-16(24(28,29)30)4-5-22(20)41(19)23(42)27(37,38)39/h4-5,9-12,19,21,40H,2-3,6-8,13-14H2,1H3/t19-,21+/m1/s1. The monoisotopic (exact) mass is 638 g/mol. The molecule has 43 heavy (non-hydrogen) atoms. The van der Waals surface area contributed by atoms with Crippen molar-refractivity contribution in [2.45, 2.75) is 75.9 Å². The molecular weight excluding hydrogens is 612 g/mol. The largest absolute Gasteiger partial charge is 0.471 e. The van der Waals surface area contributed by atoms with Gasteiger partial charge in [0.2, 0.25) is 0 Å². The maximum Gasteiger partial charge on any atom is 0.471 e. The number of fused-ring (bicyclic) bond motifs is 1. The number of carbonyl (C=O) groups is 1. The maximum absolute atomic E-state index is 13.6. The molecule has 0 saturated carbocycles. The third-order valence-electron chi connectivity index (χ3n) is 6.76. The first-order chi connectivity index (χ1) is 19.7. The van der Waals surface area contributed by atoms with Gasteiger partial charge in [0.25, 0.3) is 0 Å². The number of rotatable bonds is 9. The third kappa shape index (κ3) is 8.77. The number of amides is 1. The molecule has 0 unspecified atom stereocenters. The van der Waals surface area contributed by atoms with Crippen molar-refractivity contribution in [3.05, 3.63) is 64.2 Å². The second kappa shape index (κ2) is 12.9. The van der Waals surface area contributed by atoms with E-state index in [4.69, 9.17) is 4.74 Å². The van der Waals surface area contributed by atoms with E-state index in [1.54, 1.807) is 0 Å². The quantitative estimate of drug-likeness (QED) is 0.222. The van der Waals surface area contributed by atoms with Crippen LogP contribution < -0.4 is 10.2 Å². The molecule has 0 fully saturated rings. The minimum absolute atomic E-state index is 0.0930. The van der Waals surface area contributed by atoms with E-state index in [9.17, 15) is 57.5 Å². The molecule has 1 aliphatic heterocycles. The number of nitrogens with zero attached hydrogens (tertiary/aromatic N) is 1. The fourth-order valence-electron chi connectivity index (χ4n) is 4.71. The van der Waals surface area contributed by atoms with Gasteiger partial charge in [-0.25, -0.2) is 0 Å². The summed E-state index contributed by atoms with van der Waals surface area (Å²) in [5.74, 6) is -2.35. The van der Waals surface area contributed by atoms with Crippen molar-refractivity contribution in [3.8, 4) is 0 Å². The molecule has 0 spiro atoms. The number of alkyl halides is 12. The average Bonchev–Trinajstić information content (AvgIpc) is 2.88. The first-order valence-electron chi connectivity index (χ1n) is 12.9. The summed E-state index contributed by atoms with van der Waals surface area (Å²) in [6.07, 6.45) is -19.9. The molecule has 3 rings (SSSR count). The molecule has 16 heteroatoms. The minimum Gasteiger partial charge on any atom is -0.381 e. The summed E-state index contributed by atoms with van der Waals surface area (Å²) in [6, 6.07) is -0.145. The van der Waals surface area contributed by atoms with Gasteiger partial charge in [-0.3, -0.25) is 4.79 Å². The molecule has 2 aromatic rings. The number of benzene rings is 2. The van der Waals surface area contributed by atoms with Gasteiger partial charge in [-0.05, 0) is 66.8 Å². The zero-order chi connectivity index (χ0) is 32.4. The van der Waals surface area contributed by atoms with Crippen molar-refractivity contribution >= 4 is 11.6 Å². The lowest BCUT2D eigenvalue weighted by Gasteiger charge is -2.42. The van der Waals surface area contributed by atoms with Gasteiger partial charge in [0, 0.05) is 37.5 Å². The highest BCUT2D eigenvalue weighted by atomic mass is 19.4. The van der Waals surface area contributed by atoms with E-state index in [-0.39, 0.29) is 25.7 Å². The summed E-state index contributed by atoms with van der Waals surface area (Å²) < 4.78 is 167. The number of hydrogen-bond acceptors (Lipinski definition) is 3. The van der Waals surface area contributed by atoms with Crippen LogP contribution in [0.2, 0.25) is 0 Å². The average molecular weight is 638 g/mol. The summed E-state index contributed by atoms with van der Waals surface area (Å²) in [5, 5.41) is 2.61. The first kappa shape index (κ1) is 34.5. The third-order valence-corrected chi connectivity index (χ3v) is 6.76. The molecule has 0 aromatic heterocycles. The van der Waals surface area contributed by atoms with E-state index in [1.807, 2.05) is 6.92 Å². The van der Waals surface area contributed by atoms with Crippen LogP contribution in [0.1, 0.15) is 66.5 Å². The summed E-state index contributed by atoms with van der Waals surface area (Å²) in [4.78, 5) is 12.8. The smallest absolute Gasteiger partial charge is 0.381 e. The number of carbonyl (C=O) groups excluding carboxylic acids is 1. The van der Waals surface area contributed by atoms with Gasteiger partial charge >= 0.3 is 30.6 Å². The highest BCUT2D eigenvalue weighted by Gasteiger charge is 2.48. The molecule has 4 nitrogen and oxygen atoms in total. The van der Waals surface area contributed by atoms with Gasteiger partial charge in [-0.1, -0.05) is 13.3 Å². The highest BCUT2D eigenvalue weighted by Crippen LogP contribution is 2.44. The zero-order valence-electron chi connectivity index (χ0n) is 22.4. The molecule has 0 aliphatic carbocycles. The highest BCUT2D eigenvalue weighted by molar-refractivity contribution is 5.99. The van der Waals surface area contributed by atoms with E-state index in [2.05, 4.69) is 5.32 Å². The number of anilines is 1. The van der Waals surface area contributed by atoms with Crippen molar-refractivity contribution in [2.75, 3.05) is 18.1 Å². The van der Waals surface area contributed by atoms with E-state index in [0.717, 1.165) is 6.42 Å². The van der Waals surface area contributed by atoms with Crippen LogP contribution in [0.25, 0.3) is 0 Å². The Hall–Kier alpha value is -3.01. The van der Waals surface area contributed by atoms with Crippen LogP contribution in [-0.2, 0) is 34.6 Å². The number of nitrogens with one attached hydrogen (secondary N) is 1. The van der Waals surface area contributed by atoms with Crippen LogP contribution in [0.3, 0.4) is 0 Å². The van der Waals surface area contributed by atoms with Crippen LogP contribution >= 0.6 is 0 Å². The fraction of sp³-hybridized carbons (Fsp3) is 0.519. The van der Waals surface area contributed by atoms with Crippen LogP contribution in [0.15, 0.2) is 36.4 Å². The van der Waals surface area contributed by atoms with Crippen LogP contribution in [-0.4, -0.2) is 31.3 Å². The van der Waals surface area contributed by atoms with Crippen molar-refractivity contribution in [3.63, 3.8) is 0 Å². The van der Waals surface area contributed by atoms with Crippen LogP contribution in [0, 0.1) is 0 Å². The van der Waals surface area contributed by atoms with E-state index < -0.39 is 89.2 Å². The Morgan fingerprint density at radius 1 is 0.837 bits per heavy atom. The second-order valence-corrected chi connectivity index (χ2v) is 9.94. The van der Waals surface area contributed by atoms with E-state index in [0.29, 0.717) is 41.7 Å². The minimum atomic E-state index is -5.41. The number of ether oxygens (including phenoxy) is 1. The van der Waals surface area contributed by atoms with Gasteiger partial charge < -0.3 is 15.0 Å². The zero-order valence-corrected chi connectivity index (χ0v) is 22.4. The molecule has 0 bridgehead atoms. The van der Waals surface area contributed by atoms with Gasteiger partial charge in [-0.2, -0.15) is 52.7 Å².